The molecule has 1 aromatic heterocycles. The zero-order chi connectivity index (χ0) is 21.5. The molecule has 0 fully saturated rings. The van der Waals surface area contributed by atoms with E-state index in [0.29, 0.717) is 35.8 Å². The molecular formula is C22H28BrN3O3S. The van der Waals surface area contributed by atoms with E-state index in [9.17, 15) is 9.59 Å². The number of ether oxygens (including phenoxy) is 1. The molecule has 1 heterocycles. The summed E-state index contributed by atoms with van der Waals surface area (Å²) in [6.07, 6.45) is 8.02. The molecule has 30 heavy (non-hydrogen) atoms. The van der Waals surface area contributed by atoms with Crippen molar-refractivity contribution in [1.82, 2.24) is 14.9 Å². The second-order valence-electron chi connectivity index (χ2n) is 7.41. The van der Waals surface area contributed by atoms with Crippen LogP contribution in [-0.2, 0) is 16.1 Å². The molecule has 3 rings (SSSR count). The van der Waals surface area contributed by atoms with Crippen molar-refractivity contribution in [3.05, 3.63) is 44.7 Å². The Morgan fingerprint density at radius 1 is 1.40 bits per heavy atom. The van der Waals surface area contributed by atoms with Gasteiger partial charge in [0.05, 0.1) is 29.3 Å². The van der Waals surface area contributed by atoms with Crippen LogP contribution in [0.2, 0.25) is 0 Å². The van der Waals surface area contributed by atoms with Gasteiger partial charge in [-0.15, -0.1) is 0 Å². The summed E-state index contributed by atoms with van der Waals surface area (Å²) in [5.41, 5.74) is 1.94. The zero-order valence-electron chi connectivity index (χ0n) is 17.4. The molecule has 0 spiro atoms. The number of hydrogen-bond donors (Lipinski definition) is 1. The van der Waals surface area contributed by atoms with Gasteiger partial charge >= 0.3 is 0 Å². The van der Waals surface area contributed by atoms with E-state index in [0.717, 1.165) is 23.7 Å². The quantitative estimate of drug-likeness (QED) is 0.320. The molecule has 0 bridgehead atoms. The third-order valence-corrected chi connectivity index (χ3v) is 6.77. The molecule has 6 nitrogen and oxygen atoms in total. The first-order valence-corrected chi connectivity index (χ1v) is 12.0. The number of rotatable bonds is 9. The minimum absolute atomic E-state index is 0.0418. The molecule has 0 aliphatic heterocycles. The van der Waals surface area contributed by atoms with Gasteiger partial charge < -0.3 is 10.1 Å². The van der Waals surface area contributed by atoms with Crippen molar-refractivity contribution < 1.29 is 9.53 Å². The first-order valence-electron chi connectivity index (χ1n) is 10.3. The average Bonchev–Trinajstić information content (AvgIpc) is 2.74. The van der Waals surface area contributed by atoms with Crippen molar-refractivity contribution in [2.24, 2.45) is 0 Å². The van der Waals surface area contributed by atoms with E-state index in [1.54, 1.807) is 17.7 Å². The third-order valence-electron chi connectivity index (χ3n) is 5.18. The second-order valence-corrected chi connectivity index (χ2v) is 9.64. The molecule has 1 atom stereocenters. The Balaban J connectivity index is 1.72. The smallest absolute Gasteiger partial charge is 0.262 e. The minimum Gasteiger partial charge on any atom is -0.383 e. The van der Waals surface area contributed by atoms with Crippen molar-refractivity contribution in [2.75, 3.05) is 20.3 Å². The van der Waals surface area contributed by atoms with Gasteiger partial charge in [0, 0.05) is 18.1 Å². The summed E-state index contributed by atoms with van der Waals surface area (Å²) in [6.45, 7) is 3.27. The first-order chi connectivity index (χ1) is 14.5. The molecule has 1 N–H and O–H groups in total. The van der Waals surface area contributed by atoms with Crippen LogP contribution >= 0.6 is 27.7 Å². The fourth-order valence-corrected chi connectivity index (χ4v) is 4.80. The van der Waals surface area contributed by atoms with Crippen LogP contribution in [0.4, 0.5) is 0 Å². The summed E-state index contributed by atoms with van der Waals surface area (Å²) in [7, 11) is 1.60. The SMILES string of the molecule is COCCn1c(SC(C)C(=O)NCCC2=CCCCC2)nc2ccc(Br)cc2c1=O. The highest BCUT2D eigenvalue weighted by Crippen LogP contribution is 2.24. The van der Waals surface area contributed by atoms with Crippen molar-refractivity contribution in [1.29, 1.82) is 0 Å². The number of amides is 1. The van der Waals surface area contributed by atoms with Gasteiger partial charge in [-0.2, -0.15) is 0 Å². The Hall–Kier alpha value is -1.64. The average molecular weight is 494 g/mol. The molecule has 1 amide bonds. The number of aromatic nitrogens is 2. The molecule has 0 saturated carbocycles. The Kier molecular flexibility index (Phi) is 8.53. The lowest BCUT2D eigenvalue weighted by atomic mass is 9.97. The number of allylic oxidation sites excluding steroid dienone is 1. The predicted octanol–water partition coefficient (Wildman–Crippen LogP) is 4.29. The largest absolute Gasteiger partial charge is 0.383 e. The fourth-order valence-electron chi connectivity index (χ4n) is 3.48. The molecule has 2 aromatic rings. The van der Waals surface area contributed by atoms with E-state index in [1.807, 2.05) is 19.1 Å². The fraction of sp³-hybridized carbons (Fsp3) is 0.500. The molecule has 1 aliphatic carbocycles. The van der Waals surface area contributed by atoms with E-state index in [-0.39, 0.29) is 16.7 Å². The van der Waals surface area contributed by atoms with Crippen LogP contribution in [-0.4, -0.2) is 41.0 Å². The first kappa shape index (κ1) is 23.0. The number of carbonyl (C=O) groups excluding carboxylic acids is 1. The number of benzene rings is 1. The number of nitrogens with zero attached hydrogens (tertiary/aromatic N) is 2. The number of hydrogen-bond acceptors (Lipinski definition) is 5. The van der Waals surface area contributed by atoms with Crippen LogP contribution in [0.25, 0.3) is 10.9 Å². The van der Waals surface area contributed by atoms with Gasteiger partial charge in [-0.3, -0.25) is 14.2 Å². The number of carbonyl (C=O) groups is 1. The summed E-state index contributed by atoms with van der Waals surface area (Å²) in [5, 5.41) is 3.74. The van der Waals surface area contributed by atoms with Crippen molar-refractivity contribution in [3.63, 3.8) is 0 Å². The Labute approximate surface area is 189 Å². The predicted molar refractivity (Wildman–Crippen MR) is 125 cm³/mol. The van der Waals surface area contributed by atoms with Crippen molar-refractivity contribution in [3.8, 4) is 0 Å². The van der Waals surface area contributed by atoms with Crippen LogP contribution in [0.5, 0.6) is 0 Å². The second kappa shape index (κ2) is 11.1. The molecule has 1 aliphatic rings. The lowest BCUT2D eigenvalue weighted by Gasteiger charge is -2.17. The van der Waals surface area contributed by atoms with E-state index in [1.165, 1.54) is 30.2 Å². The van der Waals surface area contributed by atoms with Crippen LogP contribution in [0, 0.1) is 0 Å². The third kappa shape index (κ3) is 5.95. The van der Waals surface area contributed by atoms with Gasteiger partial charge in [0.2, 0.25) is 5.91 Å². The molecule has 0 radical (unpaired) electrons. The van der Waals surface area contributed by atoms with Crippen LogP contribution in [0.1, 0.15) is 39.0 Å². The maximum atomic E-state index is 13.0. The minimum atomic E-state index is -0.362. The Bertz CT molecular complexity index is 989. The summed E-state index contributed by atoms with van der Waals surface area (Å²) in [4.78, 5) is 30.3. The van der Waals surface area contributed by atoms with Gasteiger partial charge in [-0.05, 0) is 57.2 Å². The van der Waals surface area contributed by atoms with Crippen LogP contribution < -0.4 is 10.9 Å². The highest BCUT2D eigenvalue weighted by Gasteiger charge is 2.19. The van der Waals surface area contributed by atoms with Crippen LogP contribution in [0.15, 0.2) is 44.3 Å². The summed E-state index contributed by atoms with van der Waals surface area (Å²) in [5.74, 6) is -0.0418. The molecule has 0 saturated heterocycles. The summed E-state index contributed by atoms with van der Waals surface area (Å²) in [6, 6.07) is 5.45. The molecule has 162 valence electrons. The molecule has 1 aromatic carbocycles. The lowest BCUT2D eigenvalue weighted by molar-refractivity contribution is -0.120. The summed E-state index contributed by atoms with van der Waals surface area (Å²) >= 11 is 4.72. The number of halogens is 1. The lowest BCUT2D eigenvalue weighted by Crippen LogP contribution is -2.33. The van der Waals surface area contributed by atoms with Crippen LogP contribution in [0.3, 0.4) is 0 Å². The number of thioether (sulfide) groups is 1. The molecule has 8 heteroatoms. The monoisotopic (exact) mass is 493 g/mol. The summed E-state index contributed by atoms with van der Waals surface area (Å²) < 4.78 is 7.59. The van der Waals surface area contributed by atoms with E-state index in [4.69, 9.17) is 4.74 Å². The van der Waals surface area contributed by atoms with Gasteiger partial charge in [-0.25, -0.2) is 4.98 Å². The standard InChI is InChI=1S/C22H28BrN3O3S/c1-15(20(27)24-11-10-16-6-4-3-5-7-16)30-22-25-19-9-8-17(23)14-18(19)21(28)26(22)12-13-29-2/h6,8-9,14-15H,3-5,7,10-13H2,1-2H3,(H,24,27). The van der Waals surface area contributed by atoms with E-state index >= 15 is 0 Å². The maximum Gasteiger partial charge on any atom is 0.262 e. The van der Waals surface area contributed by atoms with Crippen molar-refractivity contribution >= 4 is 44.5 Å². The Morgan fingerprint density at radius 3 is 2.97 bits per heavy atom. The normalized spacial score (nSPS) is 15.1. The zero-order valence-corrected chi connectivity index (χ0v) is 19.9. The number of methoxy groups -OCH3 is 1. The van der Waals surface area contributed by atoms with Gasteiger partial charge in [0.15, 0.2) is 5.16 Å². The van der Waals surface area contributed by atoms with Gasteiger partial charge in [0.1, 0.15) is 0 Å². The highest BCUT2D eigenvalue weighted by atomic mass is 79.9. The van der Waals surface area contributed by atoms with E-state index < -0.39 is 0 Å². The van der Waals surface area contributed by atoms with Gasteiger partial charge in [-0.1, -0.05) is 39.3 Å². The Morgan fingerprint density at radius 2 is 2.23 bits per heavy atom. The maximum absolute atomic E-state index is 13.0. The highest BCUT2D eigenvalue weighted by molar-refractivity contribution is 9.10. The number of fused-ring (bicyclic) bond motifs is 1. The van der Waals surface area contributed by atoms with Gasteiger partial charge in [0.25, 0.3) is 5.56 Å². The topological polar surface area (TPSA) is 73.2 Å². The molecular weight excluding hydrogens is 466 g/mol. The molecule has 1 unspecified atom stereocenters. The van der Waals surface area contributed by atoms with E-state index in [2.05, 4.69) is 32.3 Å². The number of nitrogens with one attached hydrogen (secondary N) is 1. The van der Waals surface area contributed by atoms with Crippen molar-refractivity contribution in [2.45, 2.75) is 56.0 Å².